The van der Waals surface area contributed by atoms with Gasteiger partial charge in [0, 0.05) is 27.8 Å². The number of amides is 1. The minimum Gasteiger partial charge on any atom is -0.508 e. The number of aliphatic hydroxyl groups is 1. The maximum atomic E-state index is 13.9. The van der Waals surface area contributed by atoms with Crippen molar-refractivity contribution in [1.82, 2.24) is 4.72 Å². The van der Waals surface area contributed by atoms with Crippen LogP contribution >= 0.6 is 11.8 Å². The largest absolute Gasteiger partial charge is 0.508 e. The molecular formula is C41H42N2O7S2. The summed E-state index contributed by atoms with van der Waals surface area (Å²) in [4.78, 5) is 14.9. The van der Waals surface area contributed by atoms with Gasteiger partial charge >= 0.3 is 0 Å². The first-order valence-electron chi connectivity index (χ1n) is 17.0. The fourth-order valence-corrected chi connectivity index (χ4v) is 8.30. The van der Waals surface area contributed by atoms with Gasteiger partial charge in [-0.15, -0.1) is 11.8 Å². The van der Waals surface area contributed by atoms with Crippen LogP contribution in [0.2, 0.25) is 0 Å². The van der Waals surface area contributed by atoms with E-state index < -0.39 is 28.3 Å². The van der Waals surface area contributed by atoms with Gasteiger partial charge in [0.05, 0.1) is 23.7 Å². The molecule has 5 aromatic carbocycles. The summed E-state index contributed by atoms with van der Waals surface area (Å²) >= 11 is 1.62. The van der Waals surface area contributed by atoms with Gasteiger partial charge in [-0.1, -0.05) is 91.3 Å². The van der Waals surface area contributed by atoms with Gasteiger partial charge in [-0.05, 0) is 78.6 Å². The molecule has 1 aliphatic heterocycles. The van der Waals surface area contributed by atoms with Gasteiger partial charge in [0.2, 0.25) is 15.9 Å². The van der Waals surface area contributed by atoms with Crippen LogP contribution in [0.4, 0.5) is 5.69 Å². The van der Waals surface area contributed by atoms with Crippen LogP contribution in [0.3, 0.4) is 0 Å². The standard InChI is InChI=1S/C41H42N2O7S2/c1-27-11-21-36(22-12-27)52(47,48)43-37(23-29-7-4-3-5-8-29)40(46)42-33-10-6-9-32(24-33)41-49-38(26-51-35-19-17-34(45)18-20-35)28(2)39(50-41)31-15-13-30(25-44)14-16-31/h3-22,24,28,37-39,41,43-45H,23,25-26H2,1-2H3,(H,42,46). The predicted octanol–water partition coefficient (Wildman–Crippen LogP) is 7.30. The first kappa shape index (κ1) is 37.3. The molecule has 0 aromatic heterocycles. The second kappa shape index (κ2) is 16.9. The lowest BCUT2D eigenvalue weighted by atomic mass is 9.91. The monoisotopic (exact) mass is 738 g/mol. The van der Waals surface area contributed by atoms with Crippen LogP contribution in [0.15, 0.2) is 137 Å². The fraction of sp³-hybridized carbons (Fsp3) is 0.244. The fourth-order valence-electron chi connectivity index (χ4n) is 6.03. The number of aliphatic hydroxyl groups excluding tert-OH is 1. The van der Waals surface area contributed by atoms with Gasteiger partial charge in [0.1, 0.15) is 11.8 Å². The van der Waals surface area contributed by atoms with Gasteiger partial charge in [-0.25, -0.2) is 8.42 Å². The first-order chi connectivity index (χ1) is 25.1. The van der Waals surface area contributed by atoms with Gasteiger partial charge < -0.3 is 25.0 Å². The highest BCUT2D eigenvalue weighted by Crippen LogP contribution is 2.43. The molecule has 4 N–H and O–H groups in total. The quantitative estimate of drug-likeness (QED) is 0.0925. The lowest BCUT2D eigenvalue weighted by Crippen LogP contribution is -2.45. The average Bonchev–Trinajstić information content (AvgIpc) is 3.15. The van der Waals surface area contributed by atoms with Crippen molar-refractivity contribution in [2.24, 2.45) is 5.92 Å². The van der Waals surface area contributed by atoms with Crippen molar-refractivity contribution in [3.05, 3.63) is 155 Å². The molecule has 1 heterocycles. The summed E-state index contributed by atoms with van der Waals surface area (Å²) in [7, 11) is -4.01. The van der Waals surface area contributed by atoms with Gasteiger partial charge in [0.15, 0.2) is 6.29 Å². The lowest BCUT2D eigenvalue weighted by Gasteiger charge is -2.41. The van der Waals surface area contributed by atoms with Gasteiger partial charge in [0.25, 0.3) is 0 Å². The molecule has 1 saturated heterocycles. The highest BCUT2D eigenvalue weighted by Gasteiger charge is 2.38. The number of aryl methyl sites for hydroxylation is 1. The zero-order chi connectivity index (χ0) is 36.7. The number of benzene rings is 5. The van der Waals surface area contributed by atoms with Crippen LogP contribution < -0.4 is 10.0 Å². The number of carbonyl (C=O) groups is 1. The maximum Gasteiger partial charge on any atom is 0.242 e. The summed E-state index contributed by atoms with van der Waals surface area (Å²) < 4.78 is 42.7. The molecule has 52 heavy (non-hydrogen) atoms. The Hall–Kier alpha value is -4.49. The predicted molar refractivity (Wildman–Crippen MR) is 202 cm³/mol. The molecule has 11 heteroatoms. The number of thioether (sulfide) groups is 1. The number of hydrogen-bond acceptors (Lipinski definition) is 8. The Bertz CT molecular complexity index is 2040. The van der Waals surface area contributed by atoms with Gasteiger partial charge in [-0.3, -0.25) is 4.79 Å². The maximum absolute atomic E-state index is 13.9. The van der Waals surface area contributed by atoms with Crippen molar-refractivity contribution in [3.8, 4) is 5.75 Å². The molecule has 5 unspecified atom stereocenters. The van der Waals surface area contributed by atoms with E-state index in [-0.39, 0.29) is 41.8 Å². The molecule has 5 aromatic rings. The Kier molecular flexibility index (Phi) is 12.1. The zero-order valence-corrected chi connectivity index (χ0v) is 30.5. The topological polar surface area (TPSA) is 134 Å². The van der Waals surface area contributed by atoms with Crippen molar-refractivity contribution < 1.29 is 32.9 Å². The Labute approximate surface area is 309 Å². The van der Waals surface area contributed by atoms with Crippen molar-refractivity contribution in [2.75, 3.05) is 11.1 Å². The van der Waals surface area contributed by atoms with Crippen LogP contribution in [-0.4, -0.2) is 42.4 Å². The van der Waals surface area contributed by atoms with E-state index in [1.165, 1.54) is 12.1 Å². The van der Waals surface area contributed by atoms with Crippen molar-refractivity contribution in [1.29, 1.82) is 0 Å². The minimum atomic E-state index is -4.01. The normalized spacial score (nSPS) is 19.5. The van der Waals surface area contributed by atoms with Crippen LogP contribution in [0.1, 0.15) is 47.1 Å². The van der Waals surface area contributed by atoms with E-state index in [0.717, 1.165) is 27.1 Å². The molecule has 0 bridgehead atoms. The molecule has 1 aliphatic rings. The number of anilines is 1. The molecule has 1 amide bonds. The Morgan fingerprint density at radius 1 is 0.827 bits per heavy atom. The van der Waals surface area contributed by atoms with E-state index in [1.807, 2.05) is 79.7 Å². The number of ether oxygens (including phenoxy) is 2. The minimum absolute atomic E-state index is 0.0379. The summed E-state index contributed by atoms with van der Waals surface area (Å²) in [5, 5.41) is 22.3. The van der Waals surface area contributed by atoms with E-state index in [4.69, 9.17) is 9.47 Å². The molecular weight excluding hydrogens is 697 g/mol. The smallest absolute Gasteiger partial charge is 0.242 e. The third-order valence-electron chi connectivity index (χ3n) is 9.03. The second-order valence-electron chi connectivity index (χ2n) is 12.9. The van der Waals surface area contributed by atoms with E-state index >= 15 is 0 Å². The van der Waals surface area contributed by atoms with Crippen LogP contribution in [-0.2, 0) is 37.3 Å². The molecule has 0 spiro atoms. The van der Waals surface area contributed by atoms with Crippen LogP contribution in [0, 0.1) is 12.8 Å². The number of nitrogens with one attached hydrogen (secondary N) is 2. The van der Waals surface area contributed by atoms with Crippen molar-refractivity contribution >= 4 is 33.4 Å². The van der Waals surface area contributed by atoms with E-state index in [2.05, 4.69) is 17.0 Å². The number of sulfonamides is 1. The molecule has 6 rings (SSSR count). The number of aromatic hydroxyl groups is 1. The summed E-state index contributed by atoms with van der Waals surface area (Å²) in [6.45, 7) is 3.90. The lowest BCUT2D eigenvalue weighted by molar-refractivity contribution is -0.268. The SMILES string of the molecule is Cc1ccc(S(=O)(=O)NC(Cc2ccccc2)C(=O)Nc2cccc(C3OC(CSc4ccc(O)cc4)C(C)C(c4ccc(CO)cc4)O3)c2)cc1. The number of phenolic OH excluding ortho intramolecular Hbond substituents is 1. The number of carbonyl (C=O) groups excluding carboxylic acids is 1. The first-order valence-corrected chi connectivity index (χ1v) is 19.5. The summed E-state index contributed by atoms with van der Waals surface area (Å²) in [5.41, 5.74) is 4.61. The molecule has 0 aliphatic carbocycles. The number of hydrogen-bond donors (Lipinski definition) is 4. The summed E-state index contributed by atoms with van der Waals surface area (Å²) in [6.07, 6.45) is -1.20. The van der Waals surface area contributed by atoms with E-state index in [0.29, 0.717) is 17.0 Å². The zero-order valence-electron chi connectivity index (χ0n) is 28.9. The highest BCUT2D eigenvalue weighted by molar-refractivity contribution is 7.99. The molecule has 270 valence electrons. The Morgan fingerprint density at radius 2 is 1.54 bits per heavy atom. The third kappa shape index (κ3) is 9.48. The van der Waals surface area contributed by atoms with Gasteiger partial charge in [-0.2, -0.15) is 4.72 Å². The van der Waals surface area contributed by atoms with Crippen LogP contribution in [0.5, 0.6) is 5.75 Å². The number of rotatable bonds is 13. The molecule has 0 radical (unpaired) electrons. The van der Waals surface area contributed by atoms with Crippen molar-refractivity contribution in [3.63, 3.8) is 0 Å². The highest BCUT2D eigenvalue weighted by atomic mass is 32.2. The molecule has 5 atom stereocenters. The Balaban J connectivity index is 1.24. The summed E-state index contributed by atoms with van der Waals surface area (Å²) in [6, 6.07) is 36.5. The van der Waals surface area contributed by atoms with Crippen molar-refractivity contribution in [2.45, 2.75) is 61.2 Å². The van der Waals surface area contributed by atoms with E-state index in [9.17, 15) is 23.4 Å². The van der Waals surface area contributed by atoms with Crippen LogP contribution in [0.25, 0.3) is 0 Å². The summed E-state index contributed by atoms with van der Waals surface area (Å²) in [5.74, 6) is 0.272. The third-order valence-corrected chi connectivity index (χ3v) is 11.6. The number of phenols is 1. The molecule has 1 fully saturated rings. The van der Waals surface area contributed by atoms with E-state index in [1.54, 1.807) is 54.2 Å². The second-order valence-corrected chi connectivity index (χ2v) is 15.7. The molecule has 9 nitrogen and oxygen atoms in total. The Morgan fingerprint density at radius 3 is 2.23 bits per heavy atom. The molecule has 0 saturated carbocycles. The average molecular weight is 739 g/mol.